The highest BCUT2D eigenvalue weighted by atomic mass is 32.2. The minimum absolute atomic E-state index is 0.221. The van der Waals surface area contributed by atoms with Gasteiger partial charge in [-0.2, -0.15) is 0 Å². The van der Waals surface area contributed by atoms with Crippen LogP contribution in [-0.2, 0) is 14.3 Å². The number of imide groups is 1. The first-order valence-corrected chi connectivity index (χ1v) is 10.7. The van der Waals surface area contributed by atoms with Crippen LogP contribution in [0.5, 0.6) is 5.75 Å². The third kappa shape index (κ3) is 5.58. The molecule has 1 aliphatic heterocycles. The molecule has 0 saturated carbocycles. The summed E-state index contributed by atoms with van der Waals surface area (Å²) in [6.07, 6.45) is -0.675. The lowest BCUT2D eigenvalue weighted by molar-refractivity contribution is -0.131. The van der Waals surface area contributed by atoms with Crippen molar-refractivity contribution in [2.75, 3.05) is 25.1 Å². The molecule has 1 saturated heterocycles. The minimum atomic E-state index is -0.709. The van der Waals surface area contributed by atoms with Gasteiger partial charge in [-0.25, -0.2) is 9.69 Å². The summed E-state index contributed by atoms with van der Waals surface area (Å²) in [5.41, 5.74) is 0.725. The van der Waals surface area contributed by atoms with Crippen molar-refractivity contribution >= 4 is 35.4 Å². The molecule has 0 aromatic heterocycles. The van der Waals surface area contributed by atoms with E-state index in [-0.39, 0.29) is 13.1 Å². The molecule has 0 unspecified atom stereocenters. The molecule has 0 atom stereocenters. The van der Waals surface area contributed by atoms with Crippen molar-refractivity contribution < 1.29 is 23.9 Å². The van der Waals surface area contributed by atoms with Gasteiger partial charge in [-0.05, 0) is 69.7 Å². The molecule has 0 spiro atoms. The Kier molecular flexibility index (Phi) is 6.59. The first-order valence-electron chi connectivity index (χ1n) is 9.83. The molecule has 1 fully saturated rings. The summed E-state index contributed by atoms with van der Waals surface area (Å²) < 4.78 is 10.5. The van der Waals surface area contributed by atoms with Crippen LogP contribution in [0.2, 0.25) is 0 Å². The maximum Gasteiger partial charge on any atom is 0.411 e. The summed E-state index contributed by atoms with van der Waals surface area (Å²) >= 11 is 1.45. The summed E-state index contributed by atoms with van der Waals surface area (Å²) in [5.74, 6) is -0.189. The number of carbonyl (C=O) groups is 3. The number of piperazine rings is 1. The van der Waals surface area contributed by atoms with Crippen molar-refractivity contribution in [3.8, 4) is 5.75 Å². The van der Waals surface area contributed by atoms with E-state index in [1.807, 2.05) is 49.4 Å². The number of ether oxygens (including phenoxy) is 2. The number of hydrogen-bond donors (Lipinski definition) is 0. The van der Waals surface area contributed by atoms with Crippen LogP contribution in [-0.4, -0.2) is 48.6 Å². The minimum Gasteiger partial charge on any atom is -0.497 e. The number of aryl methyl sites for hydroxylation is 1. The van der Waals surface area contributed by atoms with Crippen molar-refractivity contribution in [3.63, 3.8) is 0 Å². The van der Waals surface area contributed by atoms with Gasteiger partial charge < -0.3 is 9.47 Å². The first kappa shape index (κ1) is 22.7. The second kappa shape index (κ2) is 9.01. The standard InChI is InChI=1S/C23H26N2O5S/c1-15-6-11-19(31-17-9-7-16(29-5)8-10-17)18(12-15)25-20(26)13-24(14-21(25)27)22(28)30-23(2,3)4/h6-12H,13-14H2,1-5H3. The topological polar surface area (TPSA) is 76.2 Å². The Balaban J connectivity index is 1.85. The van der Waals surface area contributed by atoms with E-state index < -0.39 is 23.5 Å². The third-order valence-corrected chi connectivity index (χ3v) is 5.52. The molecule has 164 valence electrons. The van der Waals surface area contributed by atoms with Crippen LogP contribution in [0, 0.1) is 6.92 Å². The number of methoxy groups -OCH3 is 1. The second-order valence-corrected chi connectivity index (χ2v) is 9.32. The Hall–Kier alpha value is -3.00. The third-order valence-electron chi connectivity index (χ3n) is 4.45. The van der Waals surface area contributed by atoms with Gasteiger partial charge >= 0.3 is 6.09 Å². The number of hydrogen-bond acceptors (Lipinski definition) is 6. The van der Waals surface area contributed by atoms with Crippen LogP contribution in [0.25, 0.3) is 0 Å². The molecule has 7 nitrogen and oxygen atoms in total. The molecular weight excluding hydrogens is 416 g/mol. The van der Waals surface area contributed by atoms with Gasteiger partial charge in [0.15, 0.2) is 0 Å². The number of benzene rings is 2. The molecule has 0 bridgehead atoms. The van der Waals surface area contributed by atoms with Crippen LogP contribution in [0.15, 0.2) is 52.3 Å². The Morgan fingerprint density at radius 2 is 1.61 bits per heavy atom. The highest BCUT2D eigenvalue weighted by Crippen LogP contribution is 2.37. The van der Waals surface area contributed by atoms with E-state index >= 15 is 0 Å². The Morgan fingerprint density at radius 3 is 2.16 bits per heavy atom. The van der Waals surface area contributed by atoms with Gasteiger partial charge in [0.05, 0.1) is 12.8 Å². The number of carbonyl (C=O) groups excluding carboxylic acids is 3. The molecule has 0 N–H and O–H groups in total. The van der Waals surface area contributed by atoms with Gasteiger partial charge in [-0.15, -0.1) is 0 Å². The van der Waals surface area contributed by atoms with Gasteiger partial charge in [-0.3, -0.25) is 14.5 Å². The summed E-state index contributed by atoms with van der Waals surface area (Å²) in [4.78, 5) is 42.2. The van der Waals surface area contributed by atoms with E-state index in [1.165, 1.54) is 16.7 Å². The van der Waals surface area contributed by atoms with E-state index in [0.717, 1.165) is 26.0 Å². The van der Waals surface area contributed by atoms with Gasteiger partial charge in [0.1, 0.15) is 24.4 Å². The van der Waals surface area contributed by atoms with E-state index in [4.69, 9.17) is 9.47 Å². The summed E-state index contributed by atoms with van der Waals surface area (Å²) in [6.45, 7) is 6.67. The maximum atomic E-state index is 12.9. The lowest BCUT2D eigenvalue weighted by Crippen LogP contribution is -2.56. The lowest BCUT2D eigenvalue weighted by Gasteiger charge is -2.34. The fraction of sp³-hybridized carbons (Fsp3) is 0.348. The van der Waals surface area contributed by atoms with Gasteiger partial charge in [0.25, 0.3) is 11.8 Å². The zero-order valence-corrected chi connectivity index (χ0v) is 19.1. The summed E-state index contributed by atoms with van der Waals surface area (Å²) in [6, 6.07) is 13.2. The number of amides is 3. The van der Waals surface area contributed by atoms with E-state index in [0.29, 0.717) is 5.69 Å². The van der Waals surface area contributed by atoms with Crippen molar-refractivity contribution in [1.82, 2.24) is 4.90 Å². The molecular formula is C23H26N2O5S. The van der Waals surface area contributed by atoms with Crippen molar-refractivity contribution in [2.45, 2.75) is 43.1 Å². The zero-order chi connectivity index (χ0) is 22.8. The normalized spacial score (nSPS) is 14.6. The first-order chi connectivity index (χ1) is 14.6. The van der Waals surface area contributed by atoms with E-state index in [2.05, 4.69) is 0 Å². The molecule has 8 heteroatoms. The Bertz CT molecular complexity index is 980. The van der Waals surface area contributed by atoms with Crippen molar-refractivity contribution in [2.24, 2.45) is 0 Å². The molecule has 0 aliphatic carbocycles. The van der Waals surface area contributed by atoms with E-state index in [1.54, 1.807) is 27.9 Å². The smallest absolute Gasteiger partial charge is 0.411 e. The van der Waals surface area contributed by atoms with Crippen LogP contribution in [0.1, 0.15) is 26.3 Å². The Morgan fingerprint density at radius 1 is 1.00 bits per heavy atom. The monoisotopic (exact) mass is 442 g/mol. The van der Waals surface area contributed by atoms with Gasteiger partial charge in [-0.1, -0.05) is 17.8 Å². The zero-order valence-electron chi connectivity index (χ0n) is 18.3. The lowest BCUT2D eigenvalue weighted by atomic mass is 10.1. The molecule has 2 aromatic carbocycles. The number of anilines is 1. The predicted molar refractivity (Wildman–Crippen MR) is 119 cm³/mol. The molecule has 1 aliphatic rings. The SMILES string of the molecule is COc1ccc(Sc2ccc(C)cc2N2C(=O)CN(C(=O)OC(C)(C)C)CC2=O)cc1. The van der Waals surface area contributed by atoms with E-state index in [9.17, 15) is 14.4 Å². The fourth-order valence-corrected chi connectivity index (χ4v) is 3.96. The van der Waals surface area contributed by atoms with Crippen molar-refractivity contribution in [3.05, 3.63) is 48.0 Å². The maximum absolute atomic E-state index is 12.9. The number of nitrogens with zero attached hydrogens (tertiary/aromatic N) is 2. The molecule has 31 heavy (non-hydrogen) atoms. The predicted octanol–water partition coefficient (Wildman–Crippen LogP) is 4.27. The van der Waals surface area contributed by atoms with Gasteiger partial charge in [0.2, 0.25) is 0 Å². The van der Waals surface area contributed by atoms with Crippen LogP contribution >= 0.6 is 11.8 Å². The molecule has 0 radical (unpaired) electrons. The van der Waals surface area contributed by atoms with Gasteiger partial charge in [0, 0.05) is 9.79 Å². The average molecular weight is 443 g/mol. The highest BCUT2D eigenvalue weighted by molar-refractivity contribution is 7.99. The number of rotatable bonds is 4. The van der Waals surface area contributed by atoms with Crippen LogP contribution in [0.4, 0.5) is 10.5 Å². The summed E-state index contributed by atoms with van der Waals surface area (Å²) in [7, 11) is 1.61. The largest absolute Gasteiger partial charge is 0.497 e. The molecule has 1 heterocycles. The quantitative estimate of drug-likeness (QED) is 0.659. The molecule has 3 rings (SSSR count). The summed E-state index contributed by atoms with van der Waals surface area (Å²) in [5, 5.41) is 0. The average Bonchev–Trinajstić information content (AvgIpc) is 2.68. The van der Waals surface area contributed by atoms with Crippen LogP contribution in [0.3, 0.4) is 0 Å². The van der Waals surface area contributed by atoms with Crippen molar-refractivity contribution in [1.29, 1.82) is 0 Å². The highest BCUT2D eigenvalue weighted by Gasteiger charge is 2.37. The fourth-order valence-electron chi connectivity index (χ4n) is 3.05. The Labute approximate surface area is 186 Å². The van der Waals surface area contributed by atoms with Crippen LogP contribution < -0.4 is 9.64 Å². The molecule has 2 aromatic rings. The molecule has 3 amide bonds. The second-order valence-electron chi connectivity index (χ2n) is 8.21.